The SMILES string of the molecule is CC(O)CCC1(c2ccccc2)CC1. The predicted molar refractivity (Wildman–Crippen MR) is 58.3 cm³/mol. The highest BCUT2D eigenvalue weighted by molar-refractivity contribution is 5.30. The van der Waals surface area contributed by atoms with Gasteiger partial charge >= 0.3 is 0 Å². The van der Waals surface area contributed by atoms with Gasteiger partial charge < -0.3 is 5.11 Å². The van der Waals surface area contributed by atoms with Crippen molar-refractivity contribution in [3.05, 3.63) is 35.9 Å². The lowest BCUT2D eigenvalue weighted by Gasteiger charge is -2.16. The third kappa shape index (κ3) is 1.98. The summed E-state index contributed by atoms with van der Waals surface area (Å²) in [5, 5.41) is 9.29. The summed E-state index contributed by atoms with van der Waals surface area (Å²) in [6, 6.07) is 10.7. The summed E-state index contributed by atoms with van der Waals surface area (Å²) in [5.41, 5.74) is 1.87. The molecule has 76 valence electrons. The summed E-state index contributed by atoms with van der Waals surface area (Å²) < 4.78 is 0. The number of hydrogen-bond donors (Lipinski definition) is 1. The van der Waals surface area contributed by atoms with Crippen LogP contribution >= 0.6 is 0 Å². The van der Waals surface area contributed by atoms with Crippen molar-refractivity contribution in [2.45, 2.75) is 44.1 Å². The van der Waals surface area contributed by atoms with Gasteiger partial charge in [0.1, 0.15) is 0 Å². The first-order valence-corrected chi connectivity index (χ1v) is 5.47. The molecule has 1 aromatic rings. The Morgan fingerprint density at radius 3 is 2.43 bits per heavy atom. The zero-order chi connectivity index (χ0) is 10.0. The van der Waals surface area contributed by atoms with E-state index in [0.29, 0.717) is 5.41 Å². The van der Waals surface area contributed by atoms with Crippen LogP contribution in [0.3, 0.4) is 0 Å². The van der Waals surface area contributed by atoms with Crippen LogP contribution in [0.4, 0.5) is 0 Å². The fraction of sp³-hybridized carbons (Fsp3) is 0.538. The predicted octanol–water partition coefficient (Wildman–Crippen LogP) is 2.88. The second-order valence-electron chi connectivity index (χ2n) is 4.53. The van der Waals surface area contributed by atoms with Crippen molar-refractivity contribution in [3.63, 3.8) is 0 Å². The molecular formula is C13H18O. The molecule has 0 radical (unpaired) electrons. The van der Waals surface area contributed by atoms with Crippen molar-refractivity contribution in [1.82, 2.24) is 0 Å². The van der Waals surface area contributed by atoms with Crippen LogP contribution in [0.5, 0.6) is 0 Å². The first-order valence-electron chi connectivity index (χ1n) is 5.47. The molecule has 2 rings (SSSR count). The van der Waals surface area contributed by atoms with Gasteiger partial charge in [0.25, 0.3) is 0 Å². The molecular weight excluding hydrogens is 172 g/mol. The molecule has 0 aliphatic heterocycles. The van der Waals surface area contributed by atoms with Gasteiger partial charge in [0.2, 0.25) is 0 Å². The van der Waals surface area contributed by atoms with Crippen molar-refractivity contribution in [3.8, 4) is 0 Å². The third-order valence-electron chi connectivity index (χ3n) is 3.28. The van der Waals surface area contributed by atoms with E-state index in [-0.39, 0.29) is 6.10 Å². The first-order chi connectivity index (χ1) is 6.73. The minimum absolute atomic E-state index is 0.156. The highest BCUT2D eigenvalue weighted by Crippen LogP contribution is 2.51. The Hall–Kier alpha value is -0.820. The Labute approximate surface area is 85.8 Å². The molecule has 0 heterocycles. The van der Waals surface area contributed by atoms with Crippen LogP contribution in [0.25, 0.3) is 0 Å². The molecule has 1 atom stereocenters. The second-order valence-corrected chi connectivity index (χ2v) is 4.53. The summed E-state index contributed by atoms with van der Waals surface area (Å²) in [7, 11) is 0. The lowest BCUT2D eigenvalue weighted by Crippen LogP contribution is -2.10. The fourth-order valence-corrected chi connectivity index (χ4v) is 2.11. The number of aliphatic hydroxyl groups excluding tert-OH is 1. The maximum Gasteiger partial charge on any atom is 0.0512 e. The Morgan fingerprint density at radius 1 is 1.29 bits per heavy atom. The van der Waals surface area contributed by atoms with E-state index in [2.05, 4.69) is 30.3 Å². The number of rotatable bonds is 4. The van der Waals surface area contributed by atoms with E-state index in [0.717, 1.165) is 12.8 Å². The summed E-state index contributed by atoms with van der Waals surface area (Å²) in [6.45, 7) is 1.88. The molecule has 14 heavy (non-hydrogen) atoms. The Morgan fingerprint density at radius 2 is 1.93 bits per heavy atom. The monoisotopic (exact) mass is 190 g/mol. The van der Waals surface area contributed by atoms with E-state index >= 15 is 0 Å². The molecule has 1 aliphatic rings. The Balaban J connectivity index is 2.03. The number of hydrogen-bond acceptors (Lipinski definition) is 1. The minimum Gasteiger partial charge on any atom is -0.393 e. The largest absolute Gasteiger partial charge is 0.393 e. The summed E-state index contributed by atoms with van der Waals surface area (Å²) in [5.74, 6) is 0. The molecule has 1 unspecified atom stereocenters. The van der Waals surface area contributed by atoms with Crippen LogP contribution in [0.1, 0.15) is 38.2 Å². The van der Waals surface area contributed by atoms with Crippen LogP contribution in [0.15, 0.2) is 30.3 Å². The topological polar surface area (TPSA) is 20.2 Å². The lowest BCUT2D eigenvalue weighted by molar-refractivity contribution is 0.177. The highest BCUT2D eigenvalue weighted by atomic mass is 16.3. The van der Waals surface area contributed by atoms with Crippen molar-refractivity contribution >= 4 is 0 Å². The van der Waals surface area contributed by atoms with Crippen LogP contribution in [0.2, 0.25) is 0 Å². The molecule has 1 heteroatoms. The quantitative estimate of drug-likeness (QED) is 0.774. The average molecular weight is 190 g/mol. The molecule has 0 aromatic heterocycles. The van der Waals surface area contributed by atoms with Crippen molar-refractivity contribution in [2.24, 2.45) is 0 Å². The molecule has 0 bridgehead atoms. The van der Waals surface area contributed by atoms with Gasteiger partial charge in [-0.25, -0.2) is 0 Å². The van der Waals surface area contributed by atoms with Gasteiger partial charge in [-0.1, -0.05) is 30.3 Å². The number of aliphatic hydroxyl groups is 1. The fourth-order valence-electron chi connectivity index (χ4n) is 2.11. The maximum absolute atomic E-state index is 9.29. The van der Waals surface area contributed by atoms with E-state index in [9.17, 15) is 5.11 Å². The van der Waals surface area contributed by atoms with Crippen LogP contribution in [-0.2, 0) is 5.41 Å². The zero-order valence-electron chi connectivity index (χ0n) is 8.74. The third-order valence-corrected chi connectivity index (χ3v) is 3.28. The molecule has 1 fully saturated rings. The van der Waals surface area contributed by atoms with Crippen LogP contribution < -0.4 is 0 Å². The van der Waals surface area contributed by atoms with E-state index in [1.807, 2.05) is 6.92 Å². The molecule has 1 aromatic carbocycles. The first kappa shape index (κ1) is 9.72. The Kier molecular flexibility index (Phi) is 2.60. The summed E-state index contributed by atoms with van der Waals surface area (Å²) >= 11 is 0. The zero-order valence-corrected chi connectivity index (χ0v) is 8.74. The van der Waals surface area contributed by atoms with Crippen LogP contribution in [0, 0.1) is 0 Å². The average Bonchev–Trinajstić information content (AvgIpc) is 2.97. The molecule has 1 aliphatic carbocycles. The molecule has 0 amide bonds. The van der Waals surface area contributed by atoms with Gasteiger partial charge in [0.15, 0.2) is 0 Å². The van der Waals surface area contributed by atoms with Gasteiger partial charge in [0, 0.05) is 0 Å². The lowest BCUT2D eigenvalue weighted by atomic mass is 9.90. The van der Waals surface area contributed by atoms with Gasteiger partial charge in [-0.15, -0.1) is 0 Å². The smallest absolute Gasteiger partial charge is 0.0512 e. The van der Waals surface area contributed by atoms with Gasteiger partial charge in [-0.2, -0.15) is 0 Å². The molecule has 0 saturated heterocycles. The van der Waals surface area contributed by atoms with Crippen molar-refractivity contribution in [2.75, 3.05) is 0 Å². The van der Waals surface area contributed by atoms with Gasteiger partial charge in [0.05, 0.1) is 6.10 Å². The molecule has 1 nitrogen and oxygen atoms in total. The Bertz CT molecular complexity index is 285. The standard InChI is InChI=1S/C13H18O/c1-11(14)7-8-13(9-10-13)12-5-3-2-4-6-12/h2-6,11,14H,7-10H2,1H3. The van der Waals surface area contributed by atoms with Crippen LogP contribution in [-0.4, -0.2) is 11.2 Å². The highest BCUT2D eigenvalue weighted by Gasteiger charge is 2.43. The normalized spacial score (nSPS) is 20.4. The second kappa shape index (κ2) is 3.74. The minimum atomic E-state index is -0.156. The summed E-state index contributed by atoms with van der Waals surface area (Å²) in [6.07, 6.45) is 4.49. The van der Waals surface area contributed by atoms with E-state index in [1.54, 1.807) is 0 Å². The maximum atomic E-state index is 9.29. The van der Waals surface area contributed by atoms with E-state index in [1.165, 1.54) is 18.4 Å². The van der Waals surface area contributed by atoms with E-state index in [4.69, 9.17) is 0 Å². The molecule has 1 N–H and O–H groups in total. The molecule has 1 saturated carbocycles. The van der Waals surface area contributed by atoms with Gasteiger partial charge in [-0.05, 0) is 43.6 Å². The molecule has 0 spiro atoms. The van der Waals surface area contributed by atoms with E-state index < -0.39 is 0 Å². The van der Waals surface area contributed by atoms with Crippen molar-refractivity contribution < 1.29 is 5.11 Å². The summed E-state index contributed by atoms with van der Waals surface area (Å²) in [4.78, 5) is 0. The van der Waals surface area contributed by atoms with Crippen molar-refractivity contribution in [1.29, 1.82) is 0 Å². The number of benzene rings is 1. The van der Waals surface area contributed by atoms with Gasteiger partial charge in [-0.3, -0.25) is 0 Å².